The van der Waals surface area contributed by atoms with Gasteiger partial charge in [-0.05, 0) is 18.2 Å². The second-order valence-electron chi connectivity index (χ2n) is 6.39. The Hall–Kier alpha value is -2.04. The van der Waals surface area contributed by atoms with E-state index in [1.807, 2.05) is 0 Å². The van der Waals surface area contributed by atoms with Crippen molar-refractivity contribution in [1.82, 2.24) is 4.57 Å². The lowest BCUT2D eigenvalue weighted by molar-refractivity contribution is -0.141. The Labute approximate surface area is 149 Å². The number of sulfonamides is 1. The SMILES string of the molecule is COC(=O)Cn1c(=NC(=O)C(C)(C)C)sc2cc(S(N)(=O)=O)ccc21. The number of fused-ring (bicyclic) bond motifs is 1. The number of rotatable bonds is 3. The van der Waals surface area contributed by atoms with Gasteiger partial charge in [0.15, 0.2) is 4.80 Å². The molecule has 2 N–H and O–H groups in total. The highest BCUT2D eigenvalue weighted by Crippen LogP contribution is 2.22. The first-order chi connectivity index (χ1) is 11.4. The van der Waals surface area contributed by atoms with E-state index >= 15 is 0 Å². The highest BCUT2D eigenvalue weighted by Gasteiger charge is 2.22. The summed E-state index contributed by atoms with van der Waals surface area (Å²) >= 11 is 1.10. The number of aromatic nitrogens is 1. The van der Waals surface area contributed by atoms with Gasteiger partial charge in [-0.1, -0.05) is 32.1 Å². The normalized spacial score (nSPS) is 13.2. The van der Waals surface area contributed by atoms with Crippen molar-refractivity contribution < 1.29 is 22.7 Å². The van der Waals surface area contributed by atoms with Gasteiger partial charge >= 0.3 is 5.97 Å². The predicted molar refractivity (Wildman–Crippen MR) is 93.2 cm³/mol. The first-order valence-corrected chi connectivity index (χ1v) is 9.62. The highest BCUT2D eigenvalue weighted by molar-refractivity contribution is 7.89. The van der Waals surface area contributed by atoms with E-state index in [0.717, 1.165) is 11.3 Å². The minimum absolute atomic E-state index is 0.0554. The van der Waals surface area contributed by atoms with Crippen LogP contribution < -0.4 is 9.94 Å². The molecule has 8 nitrogen and oxygen atoms in total. The fourth-order valence-corrected chi connectivity index (χ4v) is 3.60. The molecule has 0 atom stereocenters. The average Bonchev–Trinajstić information content (AvgIpc) is 2.82. The summed E-state index contributed by atoms with van der Waals surface area (Å²) in [4.78, 5) is 28.3. The summed E-state index contributed by atoms with van der Waals surface area (Å²) in [6.07, 6.45) is 0. The molecule has 0 fully saturated rings. The predicted octanol–water partition coefficient (Wildman–Crippen LogP) is 0.997. The summed E-state index contributed by atoms with van der Waals surface area (Å²) in [5, 5.41) is 5.15. The Morgan fingerprint density at radius 1 is 1.32 bits per heavy atom. The second-order valence-corrected chi connectivity index (χ2v) is 8.96. The number of methoxy groups -OCH3 is 1. The van der Waals surface area contributed by atoms with Crippen molar-refractivity contribution in [1.29, 1.82) is 0 Å². The first-order valence-electron chi connectivity index (χ1n) is 7.25. The smallest absolute Gasteiger partial charge is 0.325 e. The van der Waals surface area contributed by atoms with E-state index in [1.165, 1.54) is 29.9 Å². The third kappa shape index (κ3) is 4.33. The van der Waals surface area contributed by atoms with Gasteiger partial charge in [-0.2, -0.15) is 4.99 Å². The number of nitrogens with zero attached hydrogens (tertiary/aromatic N) is 2. The summed E-state index contributed by atoms with van der Waals surface area (Å²) < 4.78 is 29.8. The van der Waals surface area contributed by atoms with Crippen LogP contribution >= 0.6 is 11.3 Å². The number of hydrogen-bond donors (Lipinski definition) is 1. The fourth-order valence-electron chi connectivity index (χ4n) is 1.92. The molecule has 2 rings (SSSR count). The van der Waals surface area contributed by atoms with Crippen LogP contribution in [-0.4, -0.2) is 32.0 Å². The fraction of sp³-hybridized carbons (Fsp3) is 0.400. The van der Waals surface area contributed by atoms with E-state index in [-0.39, 0.29) is 22.1 Å². The topological polar surface area (TPSA) is 121 Å². The third-order valence-corrected chi connectivity index (χ3v) is 5.29. The van der Waals surface area contributed by atoms with Crippen molar-refractivity contribution in [3.63, 3.8) is 0 Å². The number of primary sulfonamides is 1. The monoisotopic (exact) mass is 385 g/mol. The molecule has 0 bridgehead atoms. The first kappa shape index (κ1) is 19.3. The number of carbonyl (C=O) groups excluding carboxylic acids is 2. The van der Waals surface area contributed by atoms with Gasteiger partial charge < -0.3 is 9.30 Å². The molecular weight excluding hydrogens is 366 g/mol. The molecule has 0 radical (unpaired) electrons. The Morgan fingerprint density at radius 3 is 2.48 bits per heavy atom. The van der Waals surface area contributed by atoms with Crippen molar-refractivity contribution in [2.24, 2.45) is 15.5 Å². The van der Waals surface area contributed by atoms with E-state index in [1.54, 1.807) is 20.8 Å². The van der Waals surface area contributed by atoms with Crippen molar-refractivity contribution >= 4 is 43.5 Å². The molecule has 1 heterocycles. The zero-order valence-electron chi connectivity index (χ0n) is 14.3. The Balaban J connectivity index is 2.74. The van der Waals surface area contributed by atoms with Gasteiger partial charge in [-0.25, -0.2) is 13.6 Å². The maximum atomic E-state index is 12.2. The van der Waals surface area contributed by atoms with Crippen LogP contribution in [-0.2, 0) is 30.9 Å². The minimum atomic E-state index is -3.86. The summed E-state index contributed by atoms with van der Waals surface area (Å²) in [5.41, 5.74) is -0.131. The Bertz CT molecular complexity index is 1010. The van der Waals surface area contributed by atoms with E-state index in [4.69, 9.17) is 5.14 Å². The molecule has 0 aliphatic rings. The molecule has 136 valence electrons. The van der Waals surface area contributed by atoms with Gasteiger partial charge in [0.25, 0.3) is 5.91 Å². The lowest BCUT2D eigenvalue weighted by Crippen LogP contribution is -2.26. The van der Waals surface area contributed by atoms with E-state index in [0.29, 0.717) is 10.2 Å². The summed E-state index contributed by atoms with van der Waals surface area (Å²) in [5.74, 6) is -0.871. The number of amides is 1. The molecule has 1 amide bonds. The largest absolute Gasteiger partial charge is 0.468 e. The second kappa shape index (κ2) is 6.70. The Morgan fingerprint density at radius 2 is 1.96 bits per heavy atom. The van der Waals surface area contributed by atoms with Crippen LogP contribution in [0.3, 0.4) is 0 Å². The Kier molecular flexibility index (Phi) is 5.17. The summed E-state index contributed by atoms with van der Waals surface area (Å²) in [7, 11) is -2.61. The number of benzene rings is 1. The average molecular weight is 385 g/mol. The third-order valence-electron chi connectivity index (χ3n) is 3.34. The zero-order valence-corrected chi connectivity index (χ0v) is 15.9. The van der Waals surface area contributed by atoms with Gasteiger partial charge in [0.05, 0.1) is 22.2 Å². The molecule has 0 saturated carbocycles. The number of hydrogen-bond acceptors (Lipinski definition) is 6. The van der Waals surface area contributed by atoms with Crippen LogP contribution in [0.5, 0.6) is 0 Å². The molecular formula is C15H19N3O5S2. The summed E-state index contributed by atoms with van der Waals surface area (Å²) in [6, 6.07) is 4.26. The molecule has 0 aliphatic heterocycles. The van der Waals surface area contributed by atoms with Crippen LogP contribution in [0.25, 0.3) is 10.2 Å². The van der Waals surface area contributed by atoms with Gasteiger partial charge in [0.1, 0.15) is 6.54 Å². The van der Waals surface area contributed by atoms with Crippen molar-refractivity contribution in [2.45, 2.75) is 32.2 Å². The lowest BCUT2D eigenvalue weighted by Gasteiger charge is -2.11. The molecule has 25 heavy (non-hydrogen) atoms. The number of esters is 1. The molecule has 2 aromatic rings. The van der Waals surface area contributed by atoms with Crippen LogP contribution in [0.4, 0.5) is 0 Å². The zero-order chi connectivity index (χ0) is 19.0. The maximum absolute atomic E-state index is 12.2. The summed E-state index contributed by atoms with van der Waals surface area (Å²) in [6.45, 7) is 5.04. The van der Waals surface area contributed by atoms with Crippen LogP contribution in [0, 0.1) is 5.41 Å². The van der Waals surface area contributed by atoms with Crippen LogP contribution in [0.2, 0.25) is 0 Å². The quantitative estimate of drug-likeness (QED) is 0.790. The number of ether oxygens (including phenoxy) is 1. The molecule has 10 heteroatoms. The van der Waals surface area contributed by atoms with Crippen molar-refractivity contribution in [3.05, 3.63) is 23.0 Å². The van der Waals surface area contributed by atoms with Gasteiger partial charge in [0, 0.05) is 5.41 Å². The molecule has 0 unspecified atom stereocenters. The maximum Gasteiger partial charge on any atom is 0.325 e. The minimum Gasteiger partial charge on any atom is -0.468 e. The van der Waals surface area contributed by atoms with Gasteiger partial charge in [0.2, 0.25) is 10.0 Å². The van der Waals surface area contributed by atoms with E-state index in [9.17, 15) is 18.0 Å². The van der Waals surface area contributed by atoms with E-state index < -0.39 is 21.4 Å². The van der Waals surface area contributed by atoms with Crippen molar-refractivity contribution in [2.75, 3.05) is 7.11 Å². The lowest BCUT2D eigenvalue weighted by atomic mass is 9.96. The molecule has 1 aromatic carbocycles. The van der Waals surface area contributed by atoms with Crippen LogP contribution in [0.1, 0.15) is 20.8 Å². The van der Waals surface area contributed by atoms with Gasteiger partial charge in [-0.3, -0.25) is 9.59 Å². The van der Waals surface area contributed by atoms with Crippen LogP contribution in [0.15, 0.2) is 28.1 Å². The number of thiazole rings is 1. The highest BCUT2D eigenvalue weighted by atomic mass is 32.2. The molecule has 0 aliphatic carbocycles. The van der Waals surface area contributed by atoms with Crippen molar-refractivity contribution in [3.8, 4) is 0 Å². The van der Waals surface area contributed by atoms with Gasteiger partial charge in [-0.15, -0.1) is 0 Å². The number of carbonyl (C=O) groups is 2. The van der Waals surface area contributed by atoms with E-state index in [2.05, 4.69) is 9.73 Å². The molecule has 0 spiro atoms. The molecule has 0 saturated heterocycles. The molecule has 1 aromatic heterocycles. The number of nitrogens with two attached hydrogens (primary N) is 1. The standard InChI is InChI=1S/C15H19N3O5S2/c1-15(2,3)13(20)17-14-18(8-12(19)23-4)10-6-5-9(25(16,21)22)7-11(10)24-14/h5-7H,8H2,1-4H3,(H2,16,21,22).